The van der Waals surface area contributed by atoms with Crippen LogP contribution in [0.4, 0.5) is 4.39 Å². The predicted molar refractivity (Wildman–Crippen MR) is 69.5 cm³/mol. The molecule has 3 heteroatoms. The maximum Gasteiger partial charge on any atom is 0.126 e. The molecule has 2 N–H and O–H groups in total. The van der Waals surface area contributed by atoms with Crippen LogP contribution in [0, 0.1) is 12.7 Å². The summed E-state index contributed by atoms with van der Waals surface area (Å²) in [5.74, 6) is -0.204. The highest BCUT2D eigenvalue weighted by Gasteiger charge is 2.06. The van der Waals surface area contributed by atoms with E-state index in [1.54, 1.807) is 19.1 Å². The van der Waals surface area contributed by atoms with Gasteiger partial charge in [-0.2, -0.15) is 0 Å². The van der Waals surface area contributed by atoms with Crippen LogP contribution in [-0.2, 0) is 6.54 Å². The average molecular weight is 250 g/mol. The highest BCUT2D eigenvalue weighted by molar-refractivity contribution is 6.30. The molecule has 0 saturated heterocycles. The first-order chi connectivity index (χ1) is 8.11. The van der Waals surface area contributed by atoms with Gasteiger partial charge < -0.3 is 5.73 Å². The Morgan fingerprint density at radius 1 is 1.18 bits per heavy atom. The summed E-state index contributed by atoms with van der Waals surface area (Å²) >= 11 is 5.98. The van der Waals surface area contributed by atoms with Crippen LogP contribution < -0.4 is 5.73 Å². The van der Waals surface area contributed by atoms with Crippen LogP contribution in [0.5, 0.6) is 0 Å². The highest BCUT2D eigenvalue weighted by Crippen LogP contribution is 2.28. The zero-order chi connectivity index (χ0) is 12.4. The van der Waals surface area contributed by atoms with Crippen LogP contribution in [-0.4, -0.2) is 0 Å². The number of benzene rings is 2. The van der Waals surface area contributed by atoms with Gasteiger partial charge in [-0.25, -0.2) is 4.39 Å². The molecule has 0 unspecified atom stereocenters. The van der Waals surface area contributed by atoms with E-state index >= 15 is 0 Å². The maximum atomic E-state index is 13.2. The third-order valence-electron chi connectivity index (χ3n) is 2.76. The fraction of sp³-hybridized carbons (Fsp3) is 0.143. The minimum absolute atomic E-state index is 0.204. The van der Waals surface area contributed by atoms with Crippen molar-refractivity contribution in [3.05, 3.63) is 58.4 Å². The lowest BCUT2D eigenvalue weighted by Gasteiger charge is -2.09. The van der Waals surface area contributed by atoms with Crippen LogP contribution in [0.25, 0.3) is 11.1 Å². The van der Waals surface area contributed by atoms with Crippen molar-refractivity contribution < 1.29 is 4.39 Å². The quantitative estimate of drug-likeness (QED) is 0.858. The molecule has 88 valence electrons. The van der Waals surface area contributed by atoms with Gasteiger partial charge in [-0.3, -0.25) is 0 Å². The molecular formula is C14H13ClFN. The van der Waals surface area contributed by atoms with Crippen LogP contribution in [0.2, 0.25) is 5.02 Å². The molecule has 0 heterocycles. The summed E-state index contributed by atoms with van der Waals surface area (Å²) in [6.07, 6.45) is 0. The molecule has 2 aromatic carbocycles. The second-order valence-electron chi connectivity index (χ2n) is 3.97. The van der Waals surface area contributed by atoms with Crippen molar-refractivity contribution >= 4 is 11.6 Å². The molecule has 17 heavy (non-hydrogen) atoms. The van der Waals surface area contributed by atoms with Crippen molar-refractivity contribution in [3.8, 4) is 11.1 Å². The van der Waals surface area contributed by atoms with E-state index in [4.69, 9.17) is 17.3 Å². The normalized spacial score (nSPS) is 10.6. The van der Waals surface area contributed by atoms with E-state index in [1.807, 2.05) is 18.2 Å². The number of hydrogen-bond donors (Lipinski definition) is 1. The first kappa shape index (κ1) is 12.1. The third-order valence-corrected chi connectivity index (χ3v) is 3.00. The fourth-order valence-corrected chi connectivity index (χ4v) is 1.98. The van der Waals surface area contributed by atoms with Crippen LogP contribution in [0.15, 0.2) is 36.4 Å². The Morgan fingerprint density at radius 3 is 2.59 bits per heavy atom. The van der Waals surface area contributed by atoms with Crippen molar-refractivity contribution in [3.63, 3.8) is 0 Å². The van der Waals surface area contributed by atoms with Gasteiger partial charge in [0.05, 0.1) is 0 Å². The molecule has 0 atom stereocenters. The third kappa shape index (κ3) is 2.48. The van der Waals surface area contributed by atoms with Crippen LogP contribution in [0.1, 0.15) is 11.1 Å². The first-order valence-corrected chi connectivity index (χ1v) is 5.74. The lowest BCUT2D eigenvalue weighted by Crippen LogP contribution is -1.99. The van der Waals surface area contributed by atoms with Gasteiger partial charge in [-0.1, -0.05) is 23.7 Å². The van der Waals surface area contributed by atoms with E-state index in [0.717, 1.165) is 16.7 Å². The standard InChI is InChI=1S/C14H13ClFN/c1-9-6-10(3-5-14(9)16)13-7-12(15)4-2-11(13)8-17/h2-7H,8,17H2,1H3. The molecule has 0 bridgehead atoms. The van der Waals surface area contributed by atoms with Gasteiger partial charge in [0.1, 0.15) is 5.82 Å². The van der Waals surface area contributed by atoms with Crippen molar-refractivity contribution in [2.45, 2.75) is 13.5 Å². The Labute approximate surface area is 105 Å². The molecule has 0 aliphatic carbocycles. The molecule has 0 radical (unpaired) electrons. The van der Waals surface area contributed by atoms with E-state index < -0.39 is 0 Å². The van der Waals surface area contributed by atoms with E-state index in [9.17, 15) is 4.39 Å². The number of hydrogen-bond acceptors (Lipinski definition) is 1. The zero-order valence-corrected chi connectivity index (χ0v) is 10.3. The summed E-state index contributed by atoms with van der Waals surface area (Å²) < 4.78 is 13.2. The van der Waals surface area contributed by atoms with E-state index in [-0.39, 0.29) is 5.82 Å². The summed E-state index contributed by atoms with van der Waals surface area (Å²) in [4.78, 5) is 0. The molecule has 0 spiro atoms. The van der Waals surface area contributed by atoms with Crippen molar-refractivity contribution in [2.75, 3.05) is 0 Å². The molecular weight excluding hydrogens is 237 g/mol. The Bertz CT molecular complexity index is 552. The molecule has 0 aromatic heterocycles. The van der Waals surface area contributed by atoms with E-state index in [0.29, 0.717) is 17.1 Å². The summed E-state index contributed by atoms with van der Waals surface area (Å²) in [7, 11) is 0. The minimum Gasteiger partial charge on any atom is -0.326 e. The van der Waals surface area contributed by atoms with E-state index in [2.05, 4.69) is 0 Å². The predicted octanol–water partition coefficient (Wildman–Crippen LogP) is 3.91. The lowest BCUT2D eigenvalue weighted by molar-refractivity contribution is 0.619. The Kier molecular flexibility index (Phi) is 3.46. The summed E-state index contributed by atoms with van der Waals surface area (Å²) in [5.41, 5.74) is 9.20. The van der Waals surface area contributed by atoms with Crippen LogP contribution in [0.3, 0.4) is 0 Å². The molecule has 2 rings (SSSR count). The van der Waals surface area contributed by atoms with Crippen molar-refractivity contribution in [1.29, 1.82) is 0 Å². The molecule has 0 aliphatic heterocycles. The van der Waals surface area contributed by atoms with Gasteiger partial charge in [0.2, 0.25) is 0 Å². The number of halogens is 2. The molecule has 1 nitrogen and oxygen atoms in total. The molecule has 0 amide bonds. The number of nitrogens with two attached hydrogens (primary N) is 1. The molecule has 0 fully saturated rings. The number of aryl methyl sites for hydroxylation is 1. The fourth-order valence-electron chi connectivity index (χ4n) is 1.81. The first-order valence-electron chi connectivity index (χ1n) is 5.37. The molecule has 0 aliphatic rings. The van der Waals surface area contributed by atoms with Crippen LogP contribution >= 0.6 is 11.6 Å². The van der Waals surface area contributed by atoms with Crippen molar-refractivity contribution in [2.24, 2.45) is 5.73 Å². The zero-order valence-electron chi connectivity index (χ0n) is 9.50. The lowest BCUT2D eigenvalue weighted by atomic mass is 9.98. The van der Waals surface area contributed by atoms with Gasteiger partial charge in [0.25, 0.3) is 0 Å². The Balaban J connectivity index is 2.58. The minimum atomic E-state index is -0.204. The topological polar surface area (TPSA) is 26.0 Å². The average Bonchev–Trinajstić information content (AvgIpc) is 2.32. The largest absolute Gasteiger partial charge is 0.326 e. The molecule has 0 saturated carbocycles. The summed E-state index contributed by atoms with van der Waals surface area (Å²) in [5, 5.41) is 0.652. The molecule has 2 aromatic rings. The maximum absolute atomic E-state index is 13.2. The smallest absolute Gasteiger partial charge is 0.126 e. The van der Waals surface area contributed by atoms with Gasteiger partial charge in [0.15, 0.2) is 0 Å². The SMILES string of the molecule is Cc1cc(-c2cc(Cl)ccc2CN)ccc1F. The van der Waals surface area contributed by atoms with Gasteiger partial charge in [-0.05, 0) is 53.4 Å². The monoisotopic (exact) mass is 249 g/mol. The second-order valence-corrected chi connectivity index (χ2v) is 4.41. The van der Waals surface area contributed by atoms with E-state index in [1.165, 1.54) is 6.07 Å². The number of rotatable bonds is 2. The summed E-state index contributed by atoms with van der Waals surface area (Å²) in [6, 6.07) is 10.6. The second kappa shape index (κ2) is 4.86. The Morgan fingerprint density at radius 2 is 1.94 bits per heavy atom. The Hall–Kier alpha value is -1.38. The van der Waals surface area contributed by atoms with Gasteiger partial charge >= 0.3 is 0 Å². The van der Waals surface area contributed by atoms with Gasteiger partial charge in [-0.15, -0.1) is 0 Å². The van der Waals surface area contributed by atoms with Gasteiger partial charge in [0, 0.05) is 11.6 Å². The summed E-state index contributed by atoms with van der Waals surface area (Å²) in [6.45, 7) is 2.18. The highest BCUT2D eigenvalue weighted by atomic mass is 35.5. The van der Waals surface area contributed by atoms with Crippen molar-refractivity contribution in [1.82, 2.24) is 0 Å².